The van der Waals surface area contributed by atoms with Gasteiger partial charge in [0, 0.05) is 45.8 Å². The van der Waals surface area contributed by atoms with Gasteiger partial charge in [0.1, 0.15) is 0 Å². The predicted molar refractivity (Wildman–Crippen MR) is 251 cm³/mol. The zero-order valence-corrected chi connectivity index (χ0v) is 39.3. The third-order valence-corrected chi connectivity index (χ3v) is 11.4. The molecule has 0 saturated heterocycles. The van der Waals surface area contributed by atoms with Crippen LogP contribution < -0.4 is 21.3 Å². The van der Waals surface area contributed by atoms with E-state index < -0.39 is 0 Å². The molecule has 58 heavy (non-hydrogen) atoms. The number of nitrogens with zero attached hydrogens (tertiary/aromatic N) is 2. The van der Waals surface area contributed by atoms with Crippen LogP contribution in [0.2, 0.25) is 0 Å². The Balaban J connectivity index is 4.52. The minimum atomic E-state index is -0.00337. The first-order chi connectivity index (χ1) is 28.5. The van der Waals surface area contributed by atoms with E-state index >= 15 is 0 Å². The summed E-state index contributed by atoms with van der Waals surface area (Å²) >= 11 is 0. The second-order valence-electron chi connectivity index (χ2n) is 17.3. The molecule has 0 aliphatic carbocycles. The second kappa shape index (κ2) is 46.4. The van der Waals surface area contributed by atoms with Crippen molar-refractivity contribution in [2.75, 3.05) is 72.0 Å². The van der Waals surface area contributed by atoms with Gasteiger partial charge in [-0.25, -0.2) is 0 Å². The molecule has 0 spiro atoms. The lowest BCUT2D eigenvalue weighted by molar-refractivity contribution is -0.125. The van der Waals surface area contributed by atoms with Gasteiger partial charge < -0.3 is 21.3 Å². The number of hydrogen-bond acceptors (Lipinski definition) is 6. The Morgan fingerprint density at radius 1 is 0.293 bits per heavy atom. The molecule has 4 N–H and O–H groups in total. The third kappa shape index (κ3) is 42.4. The molecule has 9 nitrogen and oxygen atoms in total. The molecule has 0 atom stereocenters. The Morgan fingerprint density at radius 3 is 0.845 bits per heavy atom. The smallest absolute Gasteiger partial charge is 0.234 e. The fourth-order valence-electron chi connectivity index (χ4n) is 7.70. The van der Waals surface area contributed by atoms with Crippen LogP contribution in [0.15, 0.2) is 0 Å². The van der Waals surface area contributed by atoms with E-state index in [0.717, 1.165) is 64.7 Å². The summed E-state index contributed by atoms with van der Waals surface area (Å²) in [5, 5.41) is 12.9. The van der Waals surface area contributed by atoms with Crippen LogP contribution in [-0.4, -0.2) is 99.5 Å². The fraction of sp³-hybridized carbons (Fsp3) is 0.939. The lowest BCUT2D eigenvalue weighted by atomic mass is 10.1. The van der Waals surface area contributed by atoms with Crippen LogP contribution in [0.4, 0.5) is 0 Å². The van der Waals surface area contributed by atoms with Gasteiger partial charge in [-0.1, -0.05) is 201 Å². The molecular formula is C49H100N6O3. The second-order valence-corrected chi connectivity index (χ2v) is 17.3. The van der Waals surface area contributed by atoms with E-state index in [4.69, 9.17) is 0 Å². The summed E-state index contributed by atoms with van der Waals surface area (Å²) in [7, 11) is 0. The van der Waals surface area contributed by atoms with Gasteiger partial charge >= 0.3 is 0 Å². The molecule has 0 aromatic carbocycles. The third-order valence-electron chi connectivity index (χ3n) is 11.4. The van der Waals surface area contributed by atoms with E-state index in [1.807, 2.05) is 4.90 Å². The molecule has 344 valence electrons. The lowest BCUT2D eigenvalue weighted by Gasteiger charge is -2.23. The van der Waals surface area contributed by atoms with E-state index in [1.165, 1.54) is 161 Å². The topological polar surface area (TPSA) is 106 Å². The standard InChI is InChI=1S/C49H100N6O3/c1-5-9-12-15-18-21-24-27-30-33-36-51-47(56)44-54(41-8-4)42-39-50-40-43-55(45-48(57)52-37-34-31-28-25-22-19-16-13-10-6-2)46-49(58)53-38-35-32-29-26-23-20-17-14-11-7-3/h50H,5-46H2,1-4H3,(H,51,56)(H,52,57)(H,53,58). The zero-order valence-electron chi connectivity index (χ0n) is 39.3. The molecule has 0 saturated carbocycles. The summed E-state index contributed by atoms with van der Waals surface area (Å²) in [5.41, 5.74) is 0. The van der Waals surface area contributed by atoms with Gasteiger partial charge in [-0.3, -0.25) is 24.2 Å². The van der Waals surface area contributed by atoms with Crippen molar-refractivity contribution in [2.45, 2.75) is 227 Å². The van der Waals surface area contributed by atoms with E-state index in [9.17, 15) is 14.4 Å². The molecule has 9 heteroatoms. The summed E-state index contributed by atoms with van der Waals surface area (Å²) < 4.78 is 0. The number of unbranched alkanes of at least 4 members (excludes halogenated alkanes) is 27. The van der Waals surface area contributed by atoms with Gasteiger partial charge in [-0.05, 0) is 32.2 Å². The largest absolute Gasteiger partial charge is 0.355 e. The first-order valence-electron chi connectivity index (χ1n) is 25.4. The SMILES string of the molecule is CCCCCCCCCCCCNC(=O)CN(CCC)CCNCCN(CC(=O)NCCCCCCCCCCCC)CC(=O)NCCCCCCCCCCCC. The fourth-order valence-corrected chi connectivity index (χ4v) is 7.70. The number of carbonyl (C=O) groups excluding carboxylic acids is 3. The van der Waals surface area contributed by atoms with Crippen molar-refractivity contribution >= 4 is 17.7 Å². The summed E-state index contributed by atoms with van der Waals surface area (Å²) in [6.45, 7) is 15.7. The van der Waals surface area contributed by atoms with Crippen molar-refractivity contribution in [1.82, 2.24) is 31.1 Å². The minimum absolute atomic E-state index is 0.00337. The summed E-state index contributed by atoms with van der Waals surface area (Å²) in [4.78, 5) is 42.8. The summed E-state index contributed by atoms with van der Waals surface area (Å²) in [5.74, 6) is 0.107. The van der Waals surface area contributed by atoms with Crippen molar-refractivity contribution in [2.24, 2.45) is 0 Å². The molecule has 0 aliphatic rings. The monoisotopic (exact) mass is 821 g/mol. The van der Waals surface area contributed by atoms with Gasteiger partial charge in [0.05, 0.1) is 19.6 Å². The van der Waals surface area contributed by atoms with Gasteiger partial charge in [-0.15, -0.1) is 0 Å². The predicted octanol–water partition coefficient (Wildman–Crippen LogP) is 10.7. The first kappa shape index (κ1) is 56.3. The van der Waals surface area contributed by atoms with E-state index in [-0.39, 0.29) is 30.8 Å². The number of nitrogens with one attached hydrogen (secondary N) is 4. The molecule has 3 amide bonds. The molecule has 0 rings (SSSR count). The van der Waals surface area contributed by atoms with Crippen molar-refractivity contribution in [3.05, 3.63) is 0 Å². The van der Waals surface area contributed by atoms with E-state index in [1.54, 1.807) is 0 Å². The number of carbonyl (C=O) groups is 3. The molecule has 0 aliphatic heterocycles. The van der Waals surface area contributed by atoms with Crippen LogP contribution in [0.3, 0.4) is 0 Å². The van der Waals surface area contributed by atoms with Gasteiger partial charge in [0.15, 0.2) is 0 Å². The zero-order chi connectivity index (χ0) is 42.4. The number of hydrogen-bond donors (Lipinski definition) is 4. The van der Waals surface area contributed by atoms with Gasteiger partial charge in [-0.2, -0.15) is 0 Å². The molecule has 0 aromatic rings. The van der Waals surface area contributed by atoms with Crippen LogP contribution in [0.25, 0.3) is 0 Å². The normalized spacial score (nSPS) is 11.5. The highest BCUT2D eigenvalue weighted by Crippen LogP contribution is 2.12. The number of amides is 3. The Kier molecular flexibility index (Phi) is 45.0. The Morgan fingerprint density at radius 2 is 0.552 bits per heavy atom. The maximum Gasteiger partial charge on any atom is 0.234 e. The van der Waals surface area contributed by atoms with Crippen LogP contribution in [0, 0.1) is 0 Å². The average molecular weight is 821 g/mol. The highest BCUT2D eigenvalue weighted by molar-refractivity contribution is 5.81. The van der Waals surface area contributed by atoms with Crippen LogP contribution in [0.1, 0.15) is 227 Å². The molecule has 0 unspecified atom stereocenters. The molecule has 0 bridgehead atoms. The molecule has 0 heterocycles. The maximum atomic E-state index is 13.0. The molecule has 0 aromatic heterocycles. The quantitative estimate of drug-likeness (QED) is 0.0456. The van der Waals surface area contributed by atoms with Gasteiger partial charge in [0.25, 0.3) is 0 Å². The number of rotatable bonds is 47. The van der Waals surface area contributed by atoms with Crippen molar-refractivity contribution in [3.8, 4) is 0 Å². The van der Waals surface area contributed by atoms with Crippen molar-refractivity contribution in [3.63, 3.8) is 0 Å². The van der Waals surface area contributed by atoms with Gasteiger partial charge in [0.2, 0.25) is 17.7 Å². The van der Waals surface area contributed by atoms with E-state index in [0.29, 0.717) is 32.7 Å². The highest BCUT2D eigenvalue weighted by Gasteiger charge is 2.15. The summed E-state index contributed by atoms with van der Waals surface area (Å²) in [6, 6.07) is 0. The molecule has 0 fully saturated rings. The average Bonchev–Trinajstić information content (AvgIpc) is 3.20. The lowest BCUT2D eigenvalue weighted by Crippen LogP contribution is -2.46. The molecular weight excluding hydrogens is 721 g/mol. The summed E-state index contributed by atoms with van der Waals surface area (Å²) in [6.07, 6.45) is 39.5. The van der Waals surface area contributed by atoms with Crippen molar-refractivity contribution < 1.29 is 14.4 Å². The van der Waals surface area contributed by atoms with Crippen LogP contribution >= 0.6 is 0 Å². The Hall–Kier alpha value is -1.71. The molecule has 0 radical (unpaired) electrons. The van der Waals surface area contributed by atoms with Crippen LogP contribution in [-0.2, 0) is 14.4 Å². The van der Waals surface area contributed by atoms with Crippen molar-refractivity contribution in [1.29, 1.82) is 0 Å². The maximum absolute atomic E-state index is 13.0. The first-order valence-corrected chi connectivity index (χ1v) is 25.4. The Labute approximate surface area is 360 Å². The van der Waals surface area contributed by atoms with Crippen LogP contribution in [0.5, 0.6) is 0 Å². The minimum Gasteiger partial charge on any atom is -0.355 e. The van der Waals surface area contributed by atoms with E-state index in [2.05, 4.69) is 53.9 Å². The highest BCUT2D eigenvalue weighted by atomic mass is 16.2. The Bertz CT molecular complexity index is 850.